The van der Waals surface area contributed by atoms with Crippen LogP contribution in [0.5, 0.6) is 0 Å². The molecule has 0 unspecified atom stereocenters. The second kappa shape index (κ2) is 7.73. The first-order valence-electron chi connectivity index (χ1n) is 7.85. The van der Waals surface area contributed by atoms with Gasteiger partial charge in [0, 0.05) is 32.3 Å². The molecule has 1 aliphatic heterocycles. The van der Waals surface area contributed by atoms with Gasteiger partial charge in [0.15, 0.2) is 5.13 Å². The Labute approximate surface area is 158 Å². The zero-order valence-electron chi connectivity index (χ0n) is 14.8. The van der Waals surface area contributed by atoms with Gasteiger partial charge in [0.1, 0.15) is 5.70 Å². The lowest BCUT2D eigenvalue weighted by Crippen LogP contribution is -2.37. The van der Waals surface area contributed by atoms with E-state index >= 15 is 0 Å². The van der Waals surface area contributed by atoms with E-state index in [1.807, 2.05) is 0 Å². The molecular formula is C17H20F4N4OS. The Bertz CT molecular complexity index is 784. The van der Waals surface area contributed by atoms with Gasteiger partial charge in [-0.1, -0.05) is 19.2 Å². The maximum Gasteiger partial charge on any atom is 0.432 e. The molecule has 0 aromatic carbocycles. The summed E-state index contributed by atoms with van der Waals surface area (Å²) in [5.74, 6) is 3.06. The van der Waals surface area contributed by atoms with Crippen molar-refractivity contribution < 1.29 is 22.4 Å². The van der Waals surface area contributed by atoms with Crippen molar-refractivity contribution in [2.45, 2.75) is 6.18 Å². The molecule has 1 aromatic rings. The Kier molecular flexibility index (Phi) is 6.01. The zero-order valence-corrected chi connectivity index (χ0v) is 15.6. The second-order valence-corrected chi connectivity index (χ2v) is 7.04. The molecule has 27 heavy (non-hydrogen) atoms. The molecule has 0 radical (unpaired) electrons. The second-order valence-electron chi connectivity index (χ2n) is 6.18. The molecule has 0 spiro atoms. The van der Waals surface area contributed by atoms with Crippen molar-refractivity contribution >= 4 is 22.9 Å². The average Bonchev–Trinajstić information content (AvgIpc) is 3.07. The van der Waals surface area contributed by atoms with Gasteiger partial charge >= 0.3 is 6.18 Å². The molecular weight excluding hydrogens is 384 g/mol. The summed E-state index contributed by atoms with van der Waals surface area (Å²) in [6, 6.07) is 1.46. The number of nitrogens with zero attached hydrogens (tertiary/aromatic N) is 2. The number of anilines is 1. The first-order chi connectivity index (χ1) is 12.5. The summed E-state index contributed by atoms with van der Waals surface area (Å²) < 4.78 is 54.3. The molecule has 0 bridgehead atoms. The van der Waals surface area contributed by atoms with E-state index in [1.165, 1.54) is 23.4 Å². The van der Waals surface area contributed by atoms with E-state index in [1.54, 1.807) is 0 Å². The van der Waals surface area contributed by atoms with E-state index in [-0.39, 0.29) is 23.5 Å². The number of likely N-dealkylation sites (tertiary alicyclic amines) is 1. The molecule has 1 fully saturated rings. The van der Waals surface area contributed by atoms with Gasteiger partial charge in [-0.3, -0.25) is 4.79 Å². The fourth-order valence-electron chi connectivity index (χ4n) is 3.19. The Balaban J connectivity index is 2.48. The van der Waals surface area contributed by atoms with E-state index in [0.717, 1.165) is 24.5 Å². The number of allylic oxidation sites excluding steroid dienone is 2. The number of carbonyl (C=O) groups excluding carboxylic acids is 1. The molecule has 1 aromatic heterocycles. The Morgan fingerprint density at radius 1 is 1.52 bits per heavy atom. The molecule has 0 saturated carbocycles. The van der Waals surface area contributed by atoms with Crippen molar-refractivity contribution in [3.05, 3.63) is 52.8 Å². The van der Waals surface area contributed by atoms with Gasteiger partial charge in [-0.05, 0) is 17.0 Å². The van der Waals surface area contributed by atoms with Gasteiger partial charge < -0.3 is 15.2 Å². The summed E-state index contributed by atoms with van der Waals surface area (Å²) in [7, 11) is 2.55. The van der Waals surface area contributed by atoms with Crippen LogP contribution in [0.4, 0.5) is 23.2 Å². The third-order valence-electron chi connectivity index (χ3n) is 4.32. The van der Waals surface area contributed by atoms with E-state index < -0.39 is 34.7 Å². The van der Waals surface area contributed by atoms with Crippen molar-refractivity contribution in [3.8, 4) is 0 Å². The summed E-state index contributed by atoms with van der Waals surface area (Å²) >= 11 is 0.851. The predicted octanol–water partition coefficient (Wildman–Crippen LogP) is 3.33. The minimum atomic E-state index is -4.74. The van der Waals surface area contributed by atoms with Crippen LogP contribution in [0.25, 0.3) is 0 Å². The summed E-state index contributed by atoms with van der Waals surface area (Å²) in [5, 5.41) is 4.17. The third kappa shape index (κ3) is 4.16. The lowest BCUT2D eigenvalue weighted by Gasteiger charge is -2.27. The Morgan fingerprint density at radius 2 is 2.15 bits per heavy atom. The van der Waals surface area contributed by atoms with Gasteiger partial charge in [-0.2, -0.15) is 17.6 Å². The van der Waals surface area contributed by atoms with E-state index in [9.17, 15) is 22.4 Å². The van der Waals surface area contributed by atoms with Crippen molar-refractivity contribution in [1.29, 1.82) is 0 Å². The van der Waals surface area contributed by atoms with Crippen LogP contribution in [0.2, 0.25) is 0 Å². The number of halogens is 4. The average molecular weight is 404 g/mol. The number of hydrogen-bond donors (Lipinski definition) is 2. The first kappa shape index (κ1) is 21.0. The monoisotopic (exact) mass is 404 g/mol. The zero-order chi connectivity index (χ0) is 20.5. The number of rotatable bonds is 6. The highest BCUT2D eigenvalue weighted by molar-refractivity contribution is 7.08. The third-order valence-corrected chi connectivity index (χ3v) is 5.02. The number of nitrogens with two attached hydrogens (primary N) is 1. The van der Waals surface area contributed by atoms with Crippen LogP contribution in [-0.2, 0) is 4.79 Å². The summed E-state index contributed by atoms with van der Waals surface area (Å²) in [5.41, 5.74) is -1.09. The summed E-state index contributed by atoms with van der Waals surface area (Å²) in [6.07, 6.45) is -3.69. The fraction of sp³-hybridized carbons (Fsp3) is 0.353. The lowest BCUT2D eigenvalue weighted by atomic mass is 9.84. The topological polar surface area (TPSA) is 61.6 Å². The van der Waals surface area contributed by atoms with E-state index in [4.69, 9.17) is 5.84 Å². The minimum absolute atomic E-state index is 0.0189. The standard InChI is InChI=1S/C17H20F4N4OS/c1-5-10(14(25(4)22)17(19,20)21)11-8-24(3)16(26)13(11)9(2)23-12-6-7-27-15(12)18/h5-7,11,13,23H,1-2,8,22H2,3-4H3/b14-10+/t11-,13-/m1/s1. The van der Waals surface area contributed by atoms with Gasteiger partial charge in [-0.15, -0.1) is 11.3 Å². The normalized spacial score (nSPS) is 21.1. The lowest BCUT2D eigenvalue weighted by molar-refractivity contribution is -0.129. The molecule has 5 nitrogen and oxygen atoms in total. The number of alkyl halides is 3. The summed E-state index contributed by atoms with van der Waals surface area (Å²) in [4.78, 5) is 13.9. The largest absolute Gasteiger partial charge is 0.432 e. The highest BCUT2D eigenvalue weighted by Gasteiger charge is 2.47. The first-order valence-corrected chi connectivity index (χ1v) is 8.73. The molecule has 3 N–H and O–H groups in total. The van der Waals surface area contributed by atoms with Crippen LogP contribution in [0, 0.1) is 17.0 Å². The van der Waals surface area contributed by atoms with Gasteiger partial charge in [0.2, 0.25) is 5.91 Å². The van der Waals surface area contributed by atoms with Crippen LogP contribution >= 0.6 is 11.3 Å². The molecule has 148 valence electrons. The molecule has 0 aliphatic carbocycles. The molecule has 2 heterocycles. The number of amides is 1. The van der Waals surface area contributed by atoms with Crippen LogP contribution in [0.1, 0.15) is 0 Å². The fourth-order valence-corrected chi connectivity index (χ4v) is 3.76. The summed E-state index contributed by atoms with van der Waals surface area (Å²) in [6.45, 7) is 7.26. The van der Waals surface area contributed by atoms with Gasteiger partial charge in [0.25, 0.3) is 0 Å². The van der Waals surface area contributed by atoms with Crippen molar-refractivity contribution in [1.82, 2.24) is 9.91 Å². The molecule has 1 amide bonds. The van der Waals surface area contributed by atoms with E-state index in [2.05, 4.69) is 18.5 Å². The number of carbonyl (C=O) groups is 1. The SMILES string of the molecule is C=C/C(=C(\N(C)N)C(F)(F)F)[C@H]1CN(C)C(=O)[C@@H]1C(=C)Nc1ccsc1F. The van der Waals surface area contributed by atoms with Crippen LogP contribution in [0.3, 0.4) is 0 Å². The number of hydrazine groups is 1. The van der Waals surface area contributed by atoms with Crippen LogP contribution in [-0.4, -0.2) is 42.6 Å². The van der Waals surface area contributed by atoms with Crippen molar-refractivity contribution in [2.75, 3.05) is 26.0 Å². The quantitative estimate of drug-likeness (QED) is 0.331. The van der Waals surface area contributed by atoms with Crippen LogP contribution < -0.4 is 11.2 Å². The van der Waals surface area contributed by atoms with Crippen molar-refractivity contribution in [2.24, 2.45) is 17.7 Å². The van der Waals surface area contributed by atoms with Gasteiger partial charge in [0.05, 0.1) is 11.6 Å². The van der Waals surface area contributed by atoms with Crippen LogP contribution in [0.15, 0.2) is 47.6 Å². The molecule has 10 heteroatoms. The van der Waals surface area contributed by atoms with Crippen molar-refractivity contribution in [3.63, 3.8) is 0 Å². The maximum absolute atomic E-state index is 13.7. The number of nitrogens with one attached hydrogen (secondary N) is 1. The molecule has 2 rings (SSSR count). The number of hydrogen-bond acceptors (Lipinski definition) is 5. The van der Waals surface area contributed by atoms with E-state index in [0.29, 0.717) is 5.01 Å². The molecule has 2 atom stereocenters. The maximum atomic E-state index is 13.7. The molecule has 1 saturated heterocycles. The number of thiophene rings is 1. The highest BCUT2D eigenvalue weighted by Crippen LogP contribution is 2.40. The molecule has 1 aliphatic rings. The van der Waals surface area contributed by atoms with Gasteiger partial charge in [-0.25, -0.2) is 5.84 Å². The Morgan fingerprint density at radius 3 is 2.59 bits per heavy atom. The highest BCUT2D eigenvalue weighted by atomic mass is 32.1. The predicted molar refractivity (Wildman–Crippen MR) is 96.9 cm³/mol. The Hall–Kier alpha value is -2.33. The minimum Gasteiger partial charge on any atom is -0.356 e. The smallest absolute Gasteiger partial charge is 0.356 e.